The molecule has 2 fully saturated rings. The van der Waals surface area contributed by atoms with Crippen LogP contribution in [-0.4, -0.2) is 64.0 Å². The Labute approximate surface area is 154 Å². The molecule has 0 aliphatic carbocycles. The minimum Gasteiger partial charge on any atom is -0.338 e. The van der Waals surface area contributed by atoms with Gasteiger partial charge in [0.2, 0.25) is 5.91 Å². The lowest BCUT2D eigenvalue weighted by atomic mass is 10.2. The summed E-state index contributed by atoms with van der Waals surface area (Å²) >= 11 is 2.01. The molecule has 0 bridgehead atoms. The van der Waals surface area contributed by atoms with E-state index < -0.39 is 0 Å². The minimum atomic E-state index is 0.271. The molecule has 0 radical (unpaired) electrons. The first kappa shape index (κ1) is 17.0. The van der Waals surface area contributed by atoms with Gasteiger partial charge in [-0.05, 0) is 55.6 Å². The van der Waals surface area contributed by atoms with Crippen molar-refractivity contribution < 1.29 is 4.79 Å². The summed E-state index contributed by atoms with van der Waals surface area (Å²) in [5.74, 6) is 2.52. The lowest BCUT2D eigenvalue weighted by Crippen LogP contribution is -2.48. The van der Waals surface area contributed by atoms with Crippen molar-refractivity contribution in [3.8, 4) is 0 Å². The molecule has 1 aromatic carbocycles. The summed E-state index contributed by atoms with van der Waals surface area (Å²) in [5.41, 5.74) is 1.15. The Kier molecular flexibility index (Phi) is 5.32. The van der Waals surface area contributed by atoms with E-state index in [-0.39, 0.29) is 5.91 Å². The molecule has 134 valence electrons. The van der Waals surface area contributed by atoms with Crippen LogP contribution in [0.3, 0.4) is 0 Å². The predicted octanol–water partition coefficient (Wildman–Crippen LogP) is 3.07. The van der Waals surface area contributed by atoms with Crippen LogP contribution in [0.2, 0.25) is 0 Å². The quantitative estimate of drug-likeness (QED) is 0.842. The summed E-state index contributed by atoms with van der Waals surface area (Å²) in [4.78, 5) is 17.8. The van der Waals surface area contributed by atoms with Crippen LogP contribution in [0.4, 0.5) is 0 Å². The first-order valence-electron chi connectivity index (χ1n) is 9.45. The van der Waals surface area contributed by atoms with Gasteiger partial charge in [0.25, 0.3) is 0 Å². The molecule has 2 aliphatic rings. The zero-order valence-electron chi connectivity index (χ0n) is 14.8. The summed E-state index contributed by atoms with van der Waals surface area (Å²) in [6.45, 7) is 4.81. The number of aromatic nitrogens is 1. The van der Waals surface area contributed by atoms with Gasteiger partial charge in [-0.2, -0.15) is 11.8 Å². The Balaban J connectivity index is 1.49. The number of benzene rings is 1. The van der Waals surface area contributed by atoms with Gasteiger partial charge in [0, 0.05) is 30.6 Å². The summed E-state index contributed by atoms with van der Waals surface area (Å²) in [7, 11) is 0. The number of fused-ring (bicyclic) bond motifs is 1. The van der Waals surface area contributed by atoms with Gasteiger partial charge in [0.1, 0.15) is 6.54 Å². The zero-order chi connectivity index (χ0) is 17.1. The van der Waals surface area contributed by atoms with E-state index in [2.05, 4.69) is 32.6 Å². The van der Waals surface area contributed by atoms with Crippen LogP contribution in [-0.2, 0) is 11.3 Å². The van der Waals surface area contributed by atoms with Gasteiger partial charge in [-0.25, -0.2) is 0 Å². The van der Waals surface area contributed by atoms with Gasteiger partial charge in [0.15, 0.2) is 0 Å². The lowest BCUT2D eigenvalue weighted by molar-refractivity contribution is -0.134. The SMILES string of the molecule is O=C(Cn1ccc2ccccc21)N1CCCSCC1CN1CCCC1. The highest BCUT2D eigenvalue weighted by atomic mass is 32.2. The fourth-order valence-electron chi connectivity index (χ4n) is 4.09. The molecule has 4 nitrogen and oxygen atoms in total. The van der Waals surface area contributed by atoms with E-state index in [4.69, 9.17) is 0 Å². The van der Waals surface area contributed by atoms with Crippen LogP contribution in [0.25, 0.3) is 10.9 Å². The zero-order valence-corrected chi connectivity index (χ0v) is 15.6. The Morgan fingerprint density at radius 3 is 2.80 bits per heavy atom. The smallest absolute Gasteiger partial charge is 0.242 e. The van der Waals surface area contributed by atoms with Crippen LogP contribution in [0.1, 0.15) is 19.3 Å². The average molecular weight is 358 g/mol. The number of nitrogens with zero attached hydrogens (tertiary/aromatic N) is 3. The van der Waals surface area contributed by atoms with Gasteiger partial charge in [-0.1, -0.05) is 18.2 Å². The molecule has 1 aromatic heterocycles. The molecule has 0 spiro atoms. The molecule has 4 rings (SSSR count). The molecule has 5 heteroatoms. The van der Waals surface area contributed by atoms with Crippen LogP contribution in [0, 0.1) is 0 Å². The molecule has 1 amide bonds. The molecule has 1 atom stereocenters. The van der Waals surface area contributed by atoms with E-state index in [1.54, 1.807) is 0 Å². The van der Waals surface area contributed by atoms with Crippen molar-refractivity contribution in [1.29, 1.82) is 0 Å². The molecule has 2 aromatic rings. The van der Waals surface area contributed by atoms with Crippen LogP contribution < -0.4 is 0 Å². The fraction of sp³-hybridized carbons (Fsp3) is 0.550. The molecular formula is C20H27N3OS. The van der Waals surface area contributed by atoms with E-state index in [0.29, 0.717) is 12.6 Å². The third kappa shape index (κ3) is 3.87. The largest absolute Gasteiger partial charge is 0.338 e. The van der Waals surface area contributed by atoms with E-state index in [9.17, 15) is 4.79 Å². The maximum atomic E-state index is 13.1. The van der Waals surface area contributed by atoms with Gasteiger partial charge in [0.05, 0.1) is 6.04 Å². The third-order valence-electron chi connectivity index (χ3n) is 5.41. The number of hydrogen-bond donors (Lipinski definition) is 0. The average Bonchev–Trinajstić information content (AvgIpc) is 3.21. The molecule has 3 heterocycles. The van der Waals surface area contributed by atoms with Crippen LogP contribution >= 0.6 is 11.8 Å². The number of rotatable bonds is 4. The number of amides is 1. The Morgan fingerprint density at radius 2 is 1.92 bits per heavy atom. The summed E-state index contributed by atoms with van der Waals surface area (Å²) < 4.78 is 2.10. The molecule has 0 saturated carbocycles. The Hall–Kier alpha value is -1.46. The van der Waals surface area contributed by atoms with Gasteiger partial charge >= 0.3 is 0 Å². The van der Waals surface area contributed by atoms with Crippen molar-refractivity contribution >= 4 is 28.6 Å². The Morgan fingerprint density at radius 1 is 1.08 bits per heavy atom. The van der Waals surface area contributed by atoms with Gasteiger partial charge < -0.3 is 14.4 Å². The second-order valence-corrected chi connectivity index (χ2v) is 8.33. The first-order valence-corrected chi connectivity index (χ1v) is 10.6. The van der Waals surface area contributed by atoms with Crippen molar-refractivity contribution in [2.24, 2.45) is 0 Å². The summed E-state index contributed by atoms with van der Waals surface area (Å²) in [6.07, 6.45) is 5.77. The second-order valence-electron chi connectivity index (χ2n) is 7.18. The highest BCUT2D eigenvalue weighted by molar-refractivity contribution is 7.99. The number of hydrogen-bond acceptors (Lipinski definition) is 3. The number of para-hydroxylation sites is 1. The van der Waals surface area contributed by atoms with E-state index in [1.165, 1.54) is 37.1 Å². The second kappa shape index (κ2) is 7.83. The van der Waals surface area contributed by atoms with Gasteiger partial charge in [-0.15, -0.1) is 0 Å². The van der Waals surface area contributed by atoms with Crippen LogP contribution in [0.15, 0.2) is 36.5 Å². The molecule has 0 N–H and O–H groups in total. The predicted molar refractivity (Wildman–Crippen MR) is 105 cm³/mol. The normalized spacial score (nSPS) is 22.4. The summed E-state index contributed by atoms with van der Waals surface area (Å²) in [6, 6.07) is 10.8. The number of carbonyl (C=O) groups is 1. The van der Waals surface area contributed by atoms with Crippen molar-refractivity contribution in [3.05, 3.63) is 36.5 Å². The highest BCUT2D eigenvalue weighted by Gasteiger charge is 2.28. The van der Waals surface area contributed by atoms with Crippen molar-refractivity contribution in [3.63, 3.8) is 0 Å². The molecule has 2 saturated heterocycles. The van der Waals surface area contributed by atoms with E-state index >= 15 is 0 Å². The highest BCUT2D eigenvalue weighted by Crippen LogP contribution is 2.21. The first-order chi connectivity index (χ1) is 12.3. The number of thioether (sulfide) groups is 1. The van der Waals surface area contributed by atoms with Crippen molar-refractivity contribution in [2.45, 2.75) is 31.8 Å². The molecular weight excluding hydrogens is 330 g/mol. The Bertz CT molecular complexity index is 723. The maximum Gasteiger partial charge on any atom is 0.242 e. The standard InChI is InChI=1S/C20H27N3OS/c24-20(15-22-12-8-17-6-1-2-7-19(17)22)23-11-5-13-25-16-18(23)14-21-9-3-4-10-21/h1-2,6-8,12,18H,3-5,9-11,13-16H2. The summed E-state index contributed by atoms with van der Waals surface area (Å²) in [5, 5.41) is 1.20. The van der Waals surface area contributed by atoms with Crippen molar-refractivity contribution in [1.82, 2.24) is 14.4 Å². The minimum absolute atomic E-state index is 0.271. The fourth-order valence-corrected chi connectivity index (χ4v) is 5.14. The van der Waals surface area contributed by atoms with E-state index in [0.717, 1.165) is 30.8 Å². The monoisotopic (exact) mass is 357 g/mol. The molecule has 25 heavy (non-hydrogen) atoms. The van der Waals surface area contributed by atoms with Gasteiger partial charge in [-0.3, -0.25) is 4.79 Å². The lowest BCUT2D eigenvalue weighted by Gasteiger charge is -2.33. The molecule has 2 aliphatic heterocycles. The molecule has 1 unspecified atom stereocenters. The van der Waals surface area contributed by atoms with Crippen LogP contribution in [0.5, 0.6) is 0 Å². The van der Waals surface area contributed by atoms with Crippen molar-refractivity contribution in [2.75, 3.05) is 37.7 Å². The topological polar surface area (TPSA) is 28.5 Å². The maximum absolute atomic E-state index is 13.1. The number of likely N-dealkylation sites (tertiary alicyclic amines) is 1. The van der Waals surface area contributed by atoms with E-state index in [1.807, 2.05) is 30.1 Å². The third-order valence-corrected chi connectivity index (χ3v) is 6.61. The number of carbonyl (C=O) groups excluding carboxylic acids is 1.